The number of aromatic nitrogens is 3. The Morgan fingerprint density at radius 2 is 1.74 bits per heavy atom. The molecule has 0 radical (unpaired) electrons. The number of allylic oxidation sites excluding steroid dienone is 2. The first kappa shape index (κ1) is 26.8. The zero-order valence-corrected chi connectivity index (χ0v) is 22.2. The van der Waals surface area contributed by atoms with Gasteiger partial charge in [0.1, 0.15) is 18.7 Å². The van der Waals surface area contributed by atoms with Crippen molar-refractivity contribution in [3.8, 4) is 6.07 Å². The lowest BCUT2D eigenvalue weighted by Gasteiger charge is -2.39. The molecule has 0 unspecified atom stereocenters. The van der Waals surface area contributed by atoms with Crippen molar-refractivity contribution >= 4 is 45.3 Å². The second kappa shape index (κ2) is 9.23. The van der Waals surface area contributed by atoms with E-state index >= 15 is 0 Å². The molecule has 7 rings (SSSR count). The highest BCUT2D eigenvalue weighted by Gasteiger charge is 2.53. The number of urea groups is 1. The van der Waals surface area contributed by atoms with Gasteiger partial charge in [-0.3, -0.25) is 18.7 Å². The summed E-state index contributed by atoms with van der Waals surface area (Å²) in [7, 11) is 0. The summed E-state index contributed by atoms with van der Waals surface area (Å²) in [5, 5.41) is 10.3. The van der Waals surface area contributed by atoms with Crippen molar-refractivity contribution in [2.45, 2.75) is 31.7 Å². The second-order valence-electron chi connectivity index (χ2n) is 10.7. The van der Waals surface area contributed by atoms with E-state index < -0.39 is 37.1 Å². The summed E-state index contributed by atoms with van der Waals surface area (Å²) < 4.78 is 62.4. The van der Waals surface area contributed by atoms with Crippen LogP contribution in [0.25, 0.3) is 27.7 Å². The largest absolute Gasteiger partial charge is 0.377 e. The molecule has 0 atom stereocenters. The first-order valence-electron chi connectivity index (χ1n) is 13.2. The Morgan fingerprint density at radius 1 is 1.00 bits per heavy atom. The Bertz CT molecular complexity index is 1950. The molecule has 218 valence electrons. The van der Waals surface area contributed by atoms with Gasteiger partial charge in [0, 0.05) is 48.6 Å². The number of amides is 2. The van der Waals surface area contributed by atoms with Crippen LogP contribution in [0.1, 0.15) is 28.8 Å². The molecule has 1 saturated heterocycles. The Hall–Kier alpha value is -5.03. The van der Waals surface area contributed by atoms with Crippen LogP contribution in [-0.2, 0) is 27.4 Å². The van der Waals surface area contributed by atoms with Crippen LogP contribution in [-0.4, -0.2) is 73.2 Å². The van der Waals surface area contributed by atoms with Gasteiger partial charge in [-0.25, -0.2) is 9.78 Å². The van der Waals surface area contributed by atoms with Crippen LogP contribution in [0.3, 0.4) is 0 Å². The minimum atomic E-state index is -4.23. The average molecular weight is 593 g/mol. The molecule has 0 N–H and O–H groups in total. The molecule has 3 aromatic heterocycles. The topological polar surface area (TPSA) is 113 Å². The predicted molar refractivity (Wildman–Crippen MR) is 142 cm³/mol. The van der Waals surface area contributed by atoms with E-state index in [0.29, 0.717) is 38.3 Å². The molecular weight excluding hydrogens is 572 g/mol. The number of alkyl halides is 4. The molecule has 10 nitrogen and oxygen atoms in total. The molecule has 0 saturated carbocycles. The Balaban J connectivity index is 1.34. The summed E-state index contributed by atoms with van der Waals surface area (Å²) in [6, 6.07) is 9.47. The van der Waals surface area contributed by atoms with Gasteiger partial charge in [0.2, 0.25) is 0 Å². The molecule has 0 bridgehead atoms. The lowest BCUT2D eigenvalue weighted by Crippen LogP contribution is -2.59. The quantitative estimate of drug-likeness (QED) is 0.256. The number of fused-ring (bicyclic) bond motifs is 1. The number of ketones is 2. The van der Waals surface area contributed by atoms with E-state index in [0.717, 1.165) is 4.90 Å². The molecule has 1 aromatic carbocycles. The molecule has 1 fully saturated rings. The number of hydrogen-bond donors (Lipinski definition) is 0. The highest BCUT2D eigenvalue weighted by atomic mass is 19.3. The van der Waals surface area contributed by atoms with E-state index in [1.165, 1.54) is 12.3 Å². The number of hydrogen-bond acceptors (Lipinski definition) is 6. The van der Waals surface area contributed by atoms with E-state index in [1.54, 1.807) is 45.6 Å². The third-order valence-electron chi connectivity index (χ3n) is 7.81. The lowest BCUT2D eigenvalue weighted by atomic mass is 9.96. The molecule has 0 spiro atoms. The van der Waals surface area contributed by atoms with Crippen LogP contribution in [0.5, 0.6) is 0 Å². The number of halogens is 4. The highest BCUT2D eigenvalue weighted by molar-refractivity contribution is 6.51. The van der Waals surface area contributed by atoms with Gasteiger partial charge in [-0.05, 0) is 29.8 Å². The number of carbonyl (C=O) groups is 3. The van der Waals surface area contributed by atoms with Crippen molar-refractivity contribution in [3.05, 3.63) is 71.3 Å². The van der Waals surface area contributed by atoms with E-state index in [2.05, 4.69) is 15.8 Å². The summed E-state index contributed by atoms with van der Waals surface area (Å²) >= 11 is 0. The van der Waals surface area contributed by atoms with E-state index in [-0.39, 0.29) is 48.5 Å². The number of nitriles is 1. The lowest BCUT2D eigenvalue weighted by molar-refractivity contribution is -0.400. The number of Topliss-reactive ketones (excluding diaryl/α,β-unsaturated/α-hetero) is 2. The molecule has 1 aliphatic carbocycles. The number of imidazole rings is 1. The fourth-order valence-corrected chi connectivity index (χ4v) is 6.16. The van der Waals surface area contributed by atoms with Crippen molar-refractivity contribution in [2.75, 3.05) is 19.6 Å². The molecule has 14 heteroatoms. The van der Waals surface area contributed by atoms with Gasteiger partial charge in [0.15, 0.2) is 11.6 Å². The zero-order valence-electron chi connectivity index (χ0n) is 22.2. The normalized spacial score (nSPS) is 19.8. The van der Waals surface area contributed by atoms with Crippen molar-refractivity contribution in [1.29, 1.82) is 5.26 Å². The molecule has 5 heterocycles. The van der Waals surface area contributed by atoms with Gasteiger partial charge in [-0.2, -0.15) is 22.8 Å². The number of ether oxygens (including phenoxy) is 1. The summed E-state index contributed by atoms with van der Waals surface area (Å²) in [6.45, 7) is -2.76. The van der Waals surface area contributed by atoms with Crippen LogP contribution >= 0.6 is 0 Å². The molecule has 3 aliphatic rings. The first-order chi connectivity index (χ1) is 20.4. The fraction of sp³-hybridized carbons (Fsp3) is 0.276. The first-order valence-corrected chi connectivity index (χ1v) is 13.2. The van der Waals surface area contributed by atoms with Crippen molar-refractivity contribution in [3.63, 3.8) is 0 Å². The maximum atomic E-state index is 13.9. The third kappa shape index (κ3) is 4.35. The Kier molecular flexibility index (Phi) is 5.76. The van der Waals surface area contributed by atoms with Gasteiger partial charge in [0.25, 0.3) is 0 Å². The van der Waals surface area contributed by atoms with E-state index in [1.807, 2.05) is 0 Å². The van der Waals surface area contributed by atoms with Gasteiger partial charge in [-0.15, -0.1) is 0 Å². The number of benzene rings is 1. The number of pyridine rings is 1. The summed E-state index contributed by atoms with van der Waals surface area (Å²) in [6.07, 6.45) is -3.87. The standard InChI is InChI=1S/C29H20F4N6O4/c30-28(31)14-38(15-29(32,33)43-28)27(42)37-6-5-36-13-19(18-8-16(10-34)7-17(12-37)26(18)36)24-21(40)9-22(41)25(24)20-11-35-23-3-1-2-4-39(20)23/h1-4,7-8,11,13H,5-6,9,12,14-15H2. The summed E-state index contributed by atoms with van der Waals surface area (Å²) in [4.78, 5) is 45.6. The van der Waals surface area contributed by atoms with Crippen LogP contribution in [0, 0.1) is 11.3 Å². The summed E-state index contributed by atoms with van der Waals surface area (Å²) in [5.74, 6) is -0.761. The molecule has 2 amide bonds. The molecule has 2 aliphatic heterocycles. The van der Waals surface area contributed by atoms with Gasteiger partial charge in [0.05, 0.1) is 41.0 Å². The predicted octanol–water partition coefficient (Wildman–Crippen LogP) is 4.07. The van der Waals surface area contributed by atoms with Gasteiger partial charge >= 0.3 is 18.2 Å². The molecular formula is C29H20F4N6O4. The Morgan fingerprint density at radius 3 is 2.49 bits per heavy atom. The minimum Gasteiger partial charge on any atom is -0.345 e. The van der Waals surface area contributed by atoms with Crippen LogP contribution in [0.4, 0.5) is 22.4 Å². The van der Waals surface area contributed by atoms with Crippen molar-refractivity contribution in [2.24, 2.45) is 0 Å². The van der Waals surface area contributed by atoms with Crippen LogP contribution in [0.2, 0.25) is 0 Å². The van der Waals surface area contributed by atoms with Crippen molar-refractivity contribution in [1.82, 2.24) is 23.8 Å². The van der Waals surface area contributed by atoms with Crippen LogP contribution < -0.4 is 0 Å². The Labute approximate surface area is 240 Å². The average Bonchev–Trinajstić information content (AvgIpc) is 3.56. The van der Waals surface area contributed by atoms with Gasteiger partial charge < -0.3 is 14.4 Å². The maximum Gasteiger partial charge on any atom is 0.377 e. The monoisotopic (exact) mass is 592 g/mol. The van der Waals surface area contributed by atoms with E-state index in [4.69, 9.17) is 0 Å². The summed E-state index contributed by atoms with van der Waals surface area (Å²) in [5.41, 5.74) is 3.06. The number of nitrogens with zero attached hydrogens (tertiary/aromatic N) is 6. The van der Waals surface area contributed by atoms with Crippen LogP contribution in [0.15, 0.2) is 48.9 Å². The molecule has 4 aromatic rings. The smallest absolute Gasteiger partial charge is 0.345 e. The number of rotatable bonds is 2. The maximum absolute atomic E-state index is 13.9. The highest BCUT2D eigenvalue weighted by Crippen LogP contribution is 2.41. The van der Waals surface area contributed by atoms with Crippen molar-refractivity contribution < 1.29 is 36.7 Å². The van der Waals surface area contributed by atoms with Gasteiger partial charge in [-0.1, -0.05) is 6.07 Å². The molecule has 43 heavy (non-hydrogen) atoms. The minimum absolute atomic E-state index is 0.0425. The second-order valence-corrected chi connectivity index (χ2v) is 10.7. The zero-order chi connectivity index (χ0) is 30.3. The fourth-order valence-electron chi connectivity index (χ4n) is 6.16. The third-order valence-corrected chi connectivity index (χ3v) is 7.81. The number of carbonyl (C=O) groups excluding carboxylic acids is 3. The SMILES string of the molecule is N#Cc1cc2c3c(c1)c(C1=C(c4cnc5ccccn45)C(=O)CC1=O)cn3CCN(C(=O)N1CC(F)(F)OC(F)(F)C1)C2. The number of morpholine rings is 1. The van der Waals surface area contributed by atoms with E-state index in [9.17, 15) is 37.2 Å².